The van der Waals surface area contributed by atoms with Gasteiger partial charge in [0, 0.05) is 15.7 Å². The lowest BCUT2D eigenvalue weighted by Crippen LogP contribution is -2.14. The minimum absolute atomic E-state index is 0.147. The number of carbonyl (C=O) groups excluding carboxylic acids is 1. The maximum atomic E-state index is 12.0. The number of anilines is 1. The summed E-state index contributed by atoms with van der Waals surface area (Å²) in [5.74, 6) is -0.158. The molecule has 2 aromatic rings. The van der Waals surface area contributed by atoms with E-state index < -0.39 is 5.91 Å². The van der Waals surface area contributed by atoms with Crippen molar-refractivity contribution < 1.29 is 9.90 Å². The number of nitrogens with one attached hydrogen (secondary N) is 1. The molecule has 2 N–H and O–H groups in total. The summed E-state index contributed by atoms with van der Waals surface area (Å²) in [4.78, 5) is 16.1. The SMILES string of the molecule is Cc1cc(Br)cnc1NC(=O)c1ccc(Cl)cc1O. The number of aromatic nitrogens is 1. The zero-order valence-electron chi connectivity index (χ0n) is 9.95. The molecule has 0 saturated carbocycles. The van der Waals surface area contributed by atoms with E-state index in [2.05, 4.69) is 26.2 Å². The molecule has 1 aromatic carbocycles. The second-order valence-corrected chi connectivity index (χ2v) is 5.29. The smallest absolute Gasteiger partial charge is 0.260 e. The highest BCUT2D eigenvalue weighted by Gasteiger charge is 2.13. The number of aryl methyl sites for hydroxylation is 1. The molecule has 6 heteroatoms. The number of hydrogen-bond acceptors (Lipinski definition) is 3. The summed E-state index contributed by atoms with van der Waals surface area (Å²) in [6.07, 6.45) is 1.59. The van der Waals surface area contributed by atoms with Crippen LogP contribution in [0.25, 0.3) is 0 Å². The van der Waals surface area contributed by atoms with E-state index in [1.165, 1.54) is 18.2 Å². The summed E-state index contributed by atoms with van der Waals surface area (Å²) in [6.45, 7) is 1.83. The van der Waals surface area contributed by atoms with Gasteiger partial charge in [0.25, 0.3) is 5.91 Å². The number of phenols is 1. The number of hydrogen-bond donors (Lipinski definition) is 2. The summed E-state index contributed by atoms with van der Waals surface area (Å²) in [5, 5.41) is 12.7. The molecule has 98 valence electrons. The summed E-state index contributed by atoms with van der Waals surface area (Å²) in [7, 11) is 0. The van der Waals surface area contributed by atoms with Gasteiger partial charge in [-0.2, -0.15) is 0 Å². The Kier molecular flexibility index (Phi) is 4.07. The van der Waals surface area contributed by atoms with Crippen LogP contribution in [0.5, 0.6) is 5.75 Å². The predicted octanol–water partition coefficient (Wildman–Crippen LogP) is 3.76. The van der Waals surface area contributed by atoms with E-state index in [1.807, 2.05) is 13.0 Å². The van der Waals surface area contributed by atoms with Gasteiger partial charge in [-0.25, -0.2) is 4.98 Å². The van der Waals surface area contributed by atoms with Crippen LogP contribution in [0.2, 0.25) is 5.02 Å². The Hall–Kier alpha value is -1.59. The van der Waals surface area contributed by atoms with E-state index in [4.69, 9.17) is 11.6 Å². The molecule has 1 aromatic heterocycles. The fourth-order valence-corrected chi connectivity index (χ4v) is 2.16. The van der Waals surface area contributed by atoms with Gasteiger partial charge in [0.1, 0.15) is 11.6 Å². The summed E-state index contributed by atoms with van der Waals surface area (Å²) >= 11 is 9.01. The molecule has 0 unspecified atom stereocenters. The van der Waals surface area contributed by atoms with E-state index in [9.17, 15) is 9.90 Å². The Morgan fingerprint density at radius 1 is 1.42 bits per heavy atom. The molecular weight excluding hydrogens is 332 g/mol. The first-order valence-corrected chi connectivity index (χ1v) is 6.56. The molecule has 0 spiro atoms. The molecule has 0 saturated heterocycles. The van der Waals surface area contributed by atoms with Gasteiger partial charge in [0.15, 0.2) is 0 Å². The molecule has 0 radical (unpaired) electrons. The first-order chi connectivity index (χ1) is 8.97. The number of rotatable bonds is 2. The van der Waals surface area contributed by atoms with Crippen LogP contribution in [0.1, 0.15) is 15.9 Å². The number of carbonyl (C=O) groups is 1. The third-order valence-corrected chi connectivity index (χ3v) is 3.15. The quantitative estimate of drug-likeness (QED) is 0.874. The summed E-state index contributed by atoms with van der Waals surface area (Å²) < 4.78 is 0.831. The minimum Gasteiger partial charge on any atom is -0.507 e. The van der Waals surface area contributed by atoms with Crippen molar-refractivity contribution >= 4 is 39.3 Å². The lowest BCUT2D eigenvalue weighted by Gasteiger charge is -2.08. The Balaban J connectivity index is 2.25. The van der Waals surface area contributed by atoms with Gasteiger partial charge in [0.2, 0.25) is 0 Å². The fraction of sp³-hybridized carbons (Fsp3) is 0.0769. The second-order valence-electron chi connectivity index (χ2n) is 3.93. The van der Waals surface area contributed by atoms with Crippen LogP contribution in [-0.4, -0.2) is 16.0 Å². The van der Waals surface area contributed by atoms with Gasteiger partial charge in [0.05, 0.1) is 5.56 Å². The summed E-state index contributed by atoms with van der Waals surface area (Å²) in [6, 6.07) is 6.15. The molecular formula is C13H10BrClN2O2. The van der Waals surface area contributed by atoms with Crippen LogP contribution < -0.4 is 5.32 Å². The highest BCUT2D eigenvalue weighted by Crippen LogP contribution is 2.23. The lowest BCUT2D eigenvalue weighted by molar-refractivity contribution is 0.102. The Morgan fingerprint density at radius 2 is 2.16 bits per heavy atom. The van der Waals surface area contributed by atoms with E-state index in [0.29, 0.717) is 10.8 Å². The van der Waals surface area contributed by atoms with Gasteiger partial charge in [-0.05, 0) is 52.7 Å². The maximum absolute atomic E-state index is 12.0. The Morgan fingerprint density at radius 3 is 2.79 bits per heavy atom. The highest BCUT2D eigenvalue weighted by molar-refractivity contribution is 9.10. The standard InChI is InChI=1S/C13H10BrClN2O2/c1-7-4-8(14)6-16-12(7)17-13(19)10-3-2-9(15)5-11(10)18/h2-6,18H,1H3,(H,16,17,19). The molecule has 0 aliphatic rings. The van der Waals surface area contributed by atoms with E-state index >= 15 is 0 Å². The Labute approximate surface area is 123 Å². The molecule has 19 heavy (non-hydrogen) atoms. The van der Waals surface area contributed by atoms with Gasteiger partial charge in [-0.15, -0.1) is 0 Å². The molecule has 2 rings (SSSR count). The van der Waals surface area contributed by atoms with E-state index in [1.54, 1.807) is 6.20 Å². The number of aromatic hydroxyl groups is 1. The van der Waals surface area contributed by atoms with E-state index in [0.717, 1.165) is 10.0 Å². The zero-order valence-corrected chi connectivity index (χ0v) is 12.3. The average Bonchev–Trinajstić information content (AvgIpc) is 2.32. The molecule has 0 atom stereocenters. The van der Waals surface area contributed by atoms with Gasteiger partial charge < -0.3 is 10.4 Å². The molecule has 4 nitrogen and oxygen atoms in total. The average molecular weight is 342 g/mol. The van der Waals surface area contributed by atoms with Crippen molar-refractivity contribution in [3.8, 4) is 5.75 Å². The number of amides is 1. The first-order valence-electron chi connectivity index (χ1n) is 5.39. The largest absolute Gasteiger partial charge is 0.507 e. The number of benzene rings is 1. The second kappa shape index (κ2) is 5.59. The third kappa shape index (κ3) is 3.24. The monoisotopic (exact) mass is 340 g/mol. The normalized spacial score (nSPS) is 10.3. The first kappa shape index (κ1) is 13.8. The van der Waals surface area contributed by atoms with E-state index in [-0.39, 0.29) is 11.3 Å². The van der Waals surface area contributed by atoms with Crippen LogP contribution in [0.4, 0.5) is 5.82 Å². The van der Waals surface area contributed by atoms with Crippen LogP contribution in [0.3, 0.4) is 0 Å². The van der Waals surface area contributed by atoms with Gasteiger partial charge >= 0.3 is 0 Å². The lowest BCUT2D eigenvalue weighted by atomic mass is 10.2. The van der Waals surface area contributed by atoms with Crippen molar-refractivity contribution in [1.82, 2.24) is 4.98 Å². The number of phenolic OH excluding ortho intramolecular Hbond substituents is 1. The summed E-state index contributed by atoms with van der Waals surface area (Å²) in [5.41, 5.74) is 0.963. The molecule has 0 aliphatic carbocycles. The molecule has 0 fully saturated rings. The molecule has 1 amide bonds. The number of pyridine rings is 1. The van der Waals surface area contributed by atoms with Crippen molar-refractivity contribution in [3.63, 3.8) is 0 Å². The van der Waals surface area contributed by atoms with Crippen molar-refractivity contribution in [2.75, 3.05) is 5.32 Å². The fourth-order valence-electron chi connectivity index (χ4n) is 1.54. The molecule has 0 aliphatic heterocycles. The topological polar surface area (TPSA) is 62.2 Å². The van der Waals surface area contributed by atoms with Gasteiger partial charge in [-0.3, -0.25) is 4.79 Å². The van der Waals surface area contributed by atoms with Crippen molar-refractivity contribution in [1.29, 1.82) is 0 Å². The maximum Gasteiger partial charge on any atom is 0.260 e. The highest BCUT2D eigenvalue weighted by atomic mass is 79.9. The Bertz CT molecular complexity index is 647. The molecule has 0 bridgehead atoms. The van der Waals surface area contributed by atoms with Crippen LogP contribution in [0, 0.1) is 6.92 Å². The van der Waals surface area contributed by atoms with Crippen molar-refractivity contribution in [2.24, 2.45) is 0 Å². The van der Waals surface area contributed by atoms with Crippen LogP contribution in [0.15, 0.2) is 34.9 Å². The predicted molar refractivity (Wildman–Crippen MR) is 77.7 cm³/mol. The third-order valence-electron chi connectivity index (χ3n) is 2.48. The molecule has 1 heterocycles. The number of nitrogens with zero attached hydrogens (tertiary/aromatic N) is 1. The van der Waals surface area contributed by atoms with Gasteiger partial charge in [-0.1, -0.05) is 11.6 Å². The minimum atomic E-state index is -0.438. The zero-order chi connectivity index (χ0) is 14.0. The van der Waals surface area contributed by atoms with Crippen LogP contribution >= 0.6 is 27.5 Å². The van der Waals surface area contributed by atoms with Crippen molar-refractivity contribution in [3.05, 3.63) is 51.1 Å². The van der Waals surface area contributed by atoms with Crippen LogP contribution in [-0.2, 0) is 0 Å². The van der Waals surface area contributed by atoms with Crippen molar-refractivity contribution in [2.45, 2.75) is 6.92 Å². The number of halogens is 2.